The lowest BCUT2D eigenvalue weighted by Gasteiger charge is -2.24. The SMILES string of the molecule is CC(=O)N(CCC(=O)NC1CCS(=O)(=O)C1)c1cccc(C)c1C. The van der Waals surface area contributed by atoms with Crippen LogP contribution in [0.2, 0.25) is 0 Å². The molecule has 6 nitrogen and oxygen atoms in total. The van der Waals surface area contributed by atoms with E-state index in [0.717, 1.165) is 16.8 Å². The van der Waals surface area contributed by atoms with Gasteiger partial charge >= 0.3 is 0 Å². The van der Waals surface area contributed by atoms with Crippen LogP contribution in [0.25, 0.3) is 0 Å². The number of amides is 2. The second-order valence-electron chi connectivity index (χ2n) is 6.31. The smallest absolute Gasteiger partial charge is 0.223 e. The highest BCUT2D eigenvalue weighted by atomic mass is 32.2. The lowest BCUT2D eigenvalue weighted by molar-refractivity contribution is -0.121. The van der Waals surface area contributed by atoms with Gasteiger partial charge in [-0.3, -0.25) is 9.59 Å². The number of hydrogen-bond acceptors (Lipinski definition) is 4. The van der Waals surface area contributed by atoms with Crippen molar-refractivity contribution < 1.29 is 18.0 Å². The molecule has 1 aliphatic rings. The Morgan fingerprint density at radius 3 is 2.58 bits per heavy atom. The van der Waals surface area contributed by atoms with E-state index in [0.29, 0.717) is 6.42 Å². The number of hydrogen-bond donors (Lipinski definition) is 1. The first-order chi connectivity index (χ1) is 11.2. The number of rotatable bonds is 5. The van der Waals surface area contributed by atoms with Crippen LogP contribution in [0.5, 0.6) is 0 Å². The maximum absolute atomic E-state index is 12.1. The lowest BCUT2D eigenvalue weighted by atomic mass is 10.1. The Balaban J connectivity index is 1.98. The molecule has 1 aromatic rings. The largest absolute Gasteiger partial charge is 0.352 e. The Labute approximate surface area is 143 Å². The molecule has 1 fully saturated rings. The minimum atomic E-state index is -3.02. The second kappa shape index (κ2) is 7.34. The van der Waals surface area contributed by atoms with E-state index in [1.165, 1.54) is 6.92 Å². The minimum Gasteiger partial charge on any atom is -0.352 e. The second-order valence-corrected chi connectivity index (χ2v) is 8.54. The highest BCUT2D eigenvalue weighted by molar-refractivity contribution is 7.91. The van der Waals surface area contributed by atoms with Crippen LogP contribution < -0.4 is 10.2 Å². The number of benzene rings is 1. The summed E-state index contributed by atoms with van der Waals surface area (Å²) in [6, 6.07) is 5.42. The maximum atomic E-state index is 12.1. The Morgan fingerprint density at radius 2 is 2.00 bits per heavy atom. The number of nitrogens with one attached hydrogen (secondary N) is 1. The monoisotopic (exact) mass is 352 g/mol. The third-order valence-corrected chi connectivity index (χ3v) is 6.17. The first kappa shape index (κ1) is 18.4. The molecule has 0 bridgehead atoms. The molecule has 1 heterocycles. The summed E-state index contributed by atoms with van der Waals surface area (Å²) in [6.07, 6.45) is 0.602. The number of aryl methyl sites for hydroxylation is 1. The molecule has 24 heavy (non-hydrogen) atoms. The lowest BCUT2D eigenvalue weighted by Crippen LogP contribution is -2.39. The molecule has 1 aromatic carbocycles. The summed E-state index contributed by atoms with van der Waals surface area (Å²) in [6.45, 7) is 5.67. The van der Waals surface area contributed by atoms with E-state index in [4.69, 9.17) is 0 Å². The van der Waals surface area contributed by atoms with Gasteiger partial charge in [0.1, 0.15) is 0 Å². The van der Waals surface area contributed by atoms with Gasteiger partial charge in [0.05, 0.1) is 11.5 Å². The summed E-state index contributed by atoms with van der Waals surface area (Å²) in [5, 5.41) is 2.75. The molecule has 2 rings (SSSR count). The molecule has 0 radical (unpaired) electrons. The van der Waals surface area contributed by atoms with Gasteiger partial charge in [0.2, 0.25) is 11.8 Å². The first-order valence-electron chi connectivity index (χ1n) is 8.04. The van der Waals surface area contributed by atoms with E-state index >= 15 is 0 Å². The normalized spacial score (nSPS) is 19.0. The van der Waals surface area contributed by atoms with Crippen LogP contribution in [0.15, 0.2) is 18.2 Å². The Morgan fingerprint density at radius 1 is 1.29 bits per heavy atom. The van der Waals surface area contributed by atoms with E-state index in [9.17, 15) is 18.0 Å². The van der Waals surface area contributed by atoms with Crippen LogP contribution in [0.1, 0.15) is 30.9 Å². The van der Waals surface area contributed by atoms with E-state index in [2.05, 4.69) is 5.32 Å². The van der Waals surface area contributed by atoms with E-state index in [1.54, 1.807) is 4.90 Å². The fourth-order valence-corrected chi connectivity index (χ4v) is 4.57. The highest BCUT2D eigenvalue weighted by Crippen LogP contribution is 2.23. The Hall–Kier alpha value is -1.89. The van der Waals surface area contributed by atoms with E-state index < -0.39 is 9.84 Å². The van der Waals surface area contributed by atoms with Crippen LogP contribution in [0, 0.1) is 13.8 Å². The van der Waals surface area contributed by atoms with Crippen LogP contribution in [-0.2, 0) is 19.4 Å². The van der Waals surface area contributed by atoms with Crippen LogP contribution in [-0.4, -0.2) is 44.3 Å². The van der Waals surface area contributed by atoms with Crippen molar-refractivity contribution in [2.75, 3.05) is 23.0 Å². The number of anilines is 1. The average molecular weight is 352 g/mol. The summed E-state index contributed by atoms with van der Waals surface area (Å²) < 4.78 is 22.9. The predicted octanol–water partition coefficient (Wildman–Crippen LogP) is 1.35. The number of sulfone groups is 1. The minimum absolute atomic E-state index is 0.00610. The number of nitrogens with zero attached hydrogens (tertiary/aromatic N) is 1. The van der Waals surface area contributed by atoms with Crippen molar-refractivity contribution in [3.8, 4) is 0 Å². The van der Waals surface area contributed by atoms with Gasteiger partial charge in [0.25, 0.3) is 0 Å². The van der Waals surface area contributed by atoms with Gasteiger partial charge in [-0.2, -0.15) is 0 Å². The number of carbonyl (C=O) groups excluding carboxylic acids is 2. The predicted molar refractivity (Wildman–Crippen MR) is 93.8 cm³/mol. The van der Waals surface area contributed by atoms with Gasteiger partial charge < -0.3 is 10.2 Å². The average Bonchev–Trinajstić information content (AvgIpc) is 2.82. The van der Waals surface area contributed by atoms with Crippen molar-refractivity contribution in [2.45, 2.75) is 39.7 Å². The maximum Gasteiger partial charge on any atom is 0.223 e. The van der Waals surface area contributed by atoms with Crippen LogP contribution in [0.3, 0.4) is 0 Å². The zero-order chi connectivity index (χ0) is 17.9. The molecule has 2 amide bonds. The summed E-state index contributed by atoms with van der Waals surface area (Å²) in [4.78, 5) is 25.6. The molecule has 1 N–H and O–H groups in total. The van der Waals surface area contributed by atoms with Crippen molar-refractivity contribution in [3.63, 3.8) is 0 Å². The molecule has 1 saturated heterocycles. The van der Waals surface area contributed by atoms with Gasteiger partial charge in [-0.1, -0.05) is 12.1 Å². The third-order valence-electron chi connectivity index (χ3n) is 4.41. The quantitative estimate of drug-likeness (QED) is 0.867. The van der Waals surface area contributed by atoms with Gasteiger partial charge in [0, 0.05) is 31.6 Å². The molecule has 1 aliphatic heterocycles. The van der Waals surface area contributed by atoms with E-state index in [1.807, 2.05) is 32.0 Å². The van der Waals surface area contributed by atoms with Crippen molar-refractivity contribution >= 4 is 27.3 Å². The molecular formula is C17H24N2O4S. The molecule has 132 valence electrons. The van der Waals surface area contributed by atoms with Crippen molar-refractivity contribution in [2.24, 2.45) is 0 Å². The highest BCUT2D eigenvalue weighted by Gasteiger charge is 2.29. The molecule has 0 aromatic heterocycles. The molecule has 0 aliphatic carbocycles. The molecule has 0 spiro atoms. The van der Waals surface area contributed by atoms with Crippen LogP contribution in [0.4, 0.5) is 5.69 Å². The molecule has 1 atom stereocenters. The number of carbonyl (C=O) groups is 2. The zero-order valence-electron chi connectivity index (χ0n) is 14.3. The molecular weight excluding hydrogens is 328 g/mol. The molecule has 7 heteroatoms. The van der Waals surface area contributed by atoms with Gasteiger partial charge in [-0.25, -0.2) is 8.42 Å². The third kappa shape index (κ3) is 4.56. The summed E-state index contributed by atoms with van der Waals surface area (Å²) >= 11 is 0. The Bertz CT molecular complexity index is 743. The summed E-state index contributed by atoms with van der Waals surface area (Å²) in [5.74, 6) is -0.222. The summed E-state index contributed by atoms with van der Waals surface area (Å²) in [7, 11) is -3.02. The Kier molecular flexibility index (Phi) is 5.64. The van der Waals surface area contributed by atoms with Crippen molar-refractivity contribution in [1.82, 2.24) is 5.32 Å². The zero-order valence-corrected chi connectivity index (χ0v) is 15.1. The summed E-state index contributed by atoms with van der Waals surface area (Å²) in [5.41, 5.74) is 2.90. The topological polar surface area (TPSA) is 83.6 Å². The van der Waals surface area contributed by atoms with Crippen LogP contribution >= 0.6 is 0 Å². The van der Waals surface area contributed by atoms with Gasteiger partial charge in [-0.05, 0) is 37.5 Å². The van der Waals surface area contributed by atoms with Gasteiger partial charge in [-0.15, -0.1) is 0 Å². The van der Waals surface area contributed by atoms with Gasteiger partial charge in [0.15, 0.2) is 9.84 Å². The van der Waals surface area contributed by atoms with Crippen molar-refractivity contribution in [1.29, 1.82) is 0 Å². The molecule has 0 saturated carbocycles. The van der Waals surface area contributed by atoms with E-state index in [-0.39, 0.29) is 42.3 Å². The first-order valence-corrected chi connectivity index (χ1v) is 9.86. The fraction of sp³-hybridized carbons (Fsp3) is 0.529. The standard InChI is InChI=1S/C17H24N2O4S/c1-12-5-4-6-16(13(12)2)19(14(3)20)9-7-17(21)18-15-8-10-24(22,23)11-15/h4-6,15H,7-11H2,1-3H3,(H,18,21). The fourth-order valence-electron chi connectivity index (χ4n) is 2.90. The van der Waals surface area contributed by atoms with Crippen molar-refractivity contribution in [3.05, 3.63) is 29.3 Å². The molecule has 1 unspecified atom stereocenters.